The van der Waals surface area contributed by atoms with Gasteiger partial charge in [-0.3, -0.25) is 0 Å². The summed E-state index contributed by atoms with van der Waals surface area (Å²) in [4.78, 5) is 0. The van der Waals surface area contributed by atoms with Gasteiger partial charge in [-0.2, -0.15) is 0 Å². The van der Waals surface area contributed by atoms with Crippen LogP contribution in [0.2, 0.25) is 0 Å². The van der Waals surface area contributed by atoms with Crippen LogP contribution in [0, 0.1) is 5.92 Å². The fourth-order valence-electron chi connectivity index (χ4n) is 3.57. The van der Waals surface area contributed by atoms with Gasteiger partial charge in [-0.15, -0.1) is 0 Å². The van der Waals surface area contributed by atoms with Crippen molar-refractivity contribution in [3.63, 3.8) is 0 Å². The molecule has 0 radical (unpaired) electrons. The zero-order valence-electron chi connectivity index (χ0n) is 12.1. The number of halogens is 1. The summed E-state index contributed by atoms with van der Waals surface area (Å²) >= 11 is 3.59. The molecule has 0 spiro atoms. The summed E-state index contributed by atoms with van der Waals surface area (Å²) < 4.78 is 6.89. The summed E-state index contributed by atoms with van der Waals surface area (Å²) in [5.41, 5.74) is 1.90. The zero-order valence-corrected chi connectivity index (χ0v) is 13.7. The van der Waals surface area contributed by atoms with Crippen molar-refractivity contribution in [2.75, 3.05) is 6.61 Å². The van der Waals surface area contributed by atoms with E-state index in [1.807, 2.05) is 0 Å². The Labute approximate surface area is 129 Å². The molecule has 2 aliphatic rings. The molecule has 0 amide bonds. The van der Waals surface area contributed by atoms with Gasteiger partial charge in [0.25, 0.3) is 0 Å². The highest BCUT2D eigenvalue weighted by Crippen LogP contribution is 2.38. The van der Waals surface area contributed by atoms with E-state index in [2.05, 4.69) is 35.0 Å². The third kappa shape index (κ3) is 3.04. The lowest BCUT2D eigenvalue weighted by Crippen LogP contribution is -2.30. The van der Waals surface area contributed by atoms with Crippen LogP contribution in [0.15, 0.2) is 16.6 Å². The fourth-order valence-corrected chi connectivity index (χ4v) is 4.13. The molecule has 0 bridgehead atoms. The van der Waals surface area contributed by atoms with Gasteiger partial charge in [0.2, 0.25) is 0 Å². The highest BCUT2D eigenvalue weighted by molar-refractivity contribution is 9.10. The summed E-state index contributed by atoms with van der Waals surface area (Å²) in [7, 11) is 0. The summed E-state index contributed by atoms with van der Waals surface area (Å²) in [6.45, 7) is 3.07. The molecular weight excluding hydrogens is 316 g/mol. The predicted molar refractivity (Wildman–Crippen MR) is 84.2 cm³/mol. The van der Waals surface area contributed by atoms with E-state index in [9.17, 15) is 5.11 Å². The van der Waals surface area contributed by atoms with E-state index >= 15 is 0 Å². The number of hydrogen-bond acceptors (Lipinski definition) is 2. The number of fused-ring (bicyclic) bond motifs is 1. The maximum Gasteiger partial charge on any atom is 0.125 e. The monoisotopic (exact) mass is 338 g/mol. The number of hydrogen-bond donors (Lipinski definition) is 1. The second kappa shape index (κ2) is 5.69. The number of rotatable bonds is 2. The highest BCUT2D eigenvalue weighted by atomic mass is 79.9. The molecule has 110 valence electrons. The Morgan fingerprint density at radius 2 is 2.20 bits per heavy atom. The molecule has 20 heavy (non-hydrogen) atoms. The van der Waals surface area contributed by atoms with E-state index in [1.54, 1.807) is 0 Å². The van der Waals surface area contributed by atoms with Crippen LogP contribution in [0.4, 0.5) is 0 Å². The Hall–Kier alpha value is -0.540. The summed E-state index contributed by atoms with van der Waals surface area (Å²) in [5.74, 6) is 1.77. The standard InChI is InChI=1S/C17H23BrO2/c1-12-3-2-6-17(19,7-4-12)11-14-10-15(18)9-13-5-8-20-16(13)14/h9-10,12,19H,2-8,11H2,1H3. The second-order valence-corrected chi connectivity index (χ2v) is 7.50. The first kappa shape index (κ1) is 14.4. The van der Waals surface area contributed by atoms with Crippen LogP contribution in [0.1, 0.15) is 50.2 Å². The van der Waals surface area contributed by atoms with Gasteiger partial charge < -0.3 is 9.84 Å². The van der Waals surface area contributed by atoms with Crippen molar-refractivity contribution in [2.24, 2.45) is 5.92 Å². The molecule has 1 aromatic rings. The van der Waals surface area contributed by atoms with Crippen LogP contribution >= 0.6 is 15.9 Å². The number of benzene rings is 1. The molecular formula is C17H23BrO2. The minimum Gasteiger partial charge on any atom is -0.493 e. The van der Waals surface area contributed by atoms with Crippen molar-refractivity contribution in [1.29, 1.82) is 0 Å². The largest absolute Gasteiger partial charge is 0.493 e. The predicted octanol–water partition coefficient (Wildman–Crippen LogP) is 4.26. The first-order chi connectivity index (χ1) is 9.56. The van der Waals surface area contributed by atoms with Crippen LogP contribution < -0.4 is 4.74 Å². The second-order valence-electron chi connectivity index (χ2n) is 6.59. The maximum absolute atomic E-state index is 11.0. The van der Waals surface area contributed by atoms with E-state index in [0.29, 0.717) is 0 Å². The van der Waals surface area contributed by atoms with Gasteiger partial charge in [0, 0.05) is 17.3 Å². The SMILES string of the molecule is CC1CCCC(O)(Cc2cc(Br)cc3c2OCC3)CC1. The Morgan fingerprint density at radius 3 is 3.05 bits per heavy atom. The van der Waals surface area contributed by atoms with E-state index < -0.39 is 5.60 Å². The van der Waals surface area contributed by atoms with E-state index in [4.69, 9.17) is 4.74 Å². The van der Waals surface area contributed by atoms with Gasteiger partial charge >= 0.3 is 0 Å². The minimum atomic E-state index is -0.550. The van der Waals surface area contributed by atoms with Crippen molar-refractivity contribution in [3.8, 4) is 5.75 Å². The number of ether oxygens (including phenoxy) is 1. The van der Waals surface area contributed by atoms with E-state index in [-0.39, 0.29) is 0 Å². The van der Waals surface area contributed by atoms with Gasteiger partial charge in [0.1, 0.15) is 5.75 Å². The number of aliphatic hydroxyl groups is 1. The normalized spacial score (nSPS) is 29.6. The van der Waals surface area contributed by atoms with Crippen molar-refractivity contribution in [1.82, 2.24) is 0 Å². The quantitative estimate of drug-likeness (QED) is 0.816. The minimum absolute atomic E-state index is 0.550. The average Bonchev–Trinajstić information content (AvgIpc) is 2.78. The van der Waals surface area contributed by atoms with Crippen molar-refractivity contribution >= 4 is 15.9 Å². The molecule has 2 nitrogen and oxygen atoms in total. The summed E-state index contributed by atoms with van der Waals surface area (Å²) in [6.07, 6.45) is 7.05. The van der Waals surface area contributed by atoms with Crippen molar-refractivity contribution in [3.05, 3.63) is 27.7 Å². The molecule has 1 aliphatic heterocycles. The topological polar surface area (TPSA) is 29.5 Å². The lowest BCUT2D eigenvalue weighted by atomic mass is 9.86. The van der Waals surface area contributed by atoms with E-state index in [0.717, 1.165) is 61.3 Å². The molecule has 1 aromatic carbocycles. The van der Waals surface area contributed by atoms with Crippen LogP contribution in [0.5, 0.6) is 5.75 Å². The Kier molecular flexibility index (Phi) is 4.09. The summed E-state index contributed by atoms with van der Waals surface area (Å²) in [5, 5.41) is 11.0. The van der Waals surface area contributed by atoms with Crippen LogP contribution in [-0.4, -0.2) is 17.3 Å². The van der Waals surface area contributed by atoms with Crippen LogP contribution in [0.25, 0.3) is 0 Å². The first-order valence-corrected chi connectivity index (χ1v) is 8.51. The molecule has 1 saturated carbocycles. The van der Waals surface area contributed by atoms with Gasteiger partial charge in [0.05, 0.1) is 12.2 Å². The molecule has 1 N–H and O–H groups in total. The van der Waals surface area contributed by atoms with Gasteiger partial charge in [0.15, 0.2) is 0 Å². The Balaban J connectivity index is 1.83. The smallest absolute Gasteiger partial charge is 0.125 e. The third-order valence-electron chi connectivity index (χ3n) is 4.79. The lowest BCUT2D eigenvalue weighted by Gasteiger charge is -2.27. The van der Waals surface area contributed by atoms with Gasteiger partial charge in [-0.25, -0.2) is 0 Å². The average molecular weight is 339 g/mol. The molecule has 0 aromatic heterocycles. The molecule has 1 heterocycles. The molecule has 3 rings (SSSR count). The third-order valence-corrected chi connectivity index (χ3v) is 5.24. The molecule has 1 aliphatic carbocycles. The molecule has 1 fully saturated rings. The molecule has 2 unspecified atom stereocenters. The van der Waals surface area contributed by atoms with Crippen molar-refractivity contribution in [2.45, 2.75) is 57.5 Å². The maximum atomic E-state index is 11.0. The summed E-state index contributed by atoms with van der Waals surface area (Å²) in [6, 6.07) is 4.27. The molecule has 2 atom stereocenters. The fraction of sp³-hybridized carbons (Fsp3) is 0.647. The zero-order chi connectivity index (χ0) is 14.2. The molecule has 3 heteroatoms. The first-order valence-electron chi connectivity index (χ1n) is 7.72. The van der Waals surface area contributed by atoms with Crippen LogP contribution in [-0.2, 0) is 12.8 Å². The van der Waals surface area contributed by atoms with Crippen LogP contribution in [0.3, 0.4) is 0 Å². The highest BCUT2D eigenvalue weighted by Gasteiger charge is 2.32. The van der Waals surface area contributed by atoms with Crippen molar-refractivity contribution < 1.29 is 9.84 Å². The molecule has 0 saturated heterocycles. The lowest BCUT2D eigenvalue weighted by molar-refractivity contribution is 0.0238. The Bertz CT molecular complexity index is 500. The van der Waals surface area contributed by atoms with Gasteiger partial charge in [-0.05, 0) is 48.4 Å². The Morgan fingerprint density at radius 1 is 1.35 bits per heavy atom. The van der Waals surface area contributed by atoms with Gasteiger partial charge in [-0.1, -0.05) is 35.7 Å². The van der Waals surface area contributed by atoms with E-state index in [1.165, 1.54) is 17.5 Å².